The summed E-state index contributed by atoms with van der Waals surface area (Å²) in [5, 5.41) is 0.982. The number of carbonyl (C=O) groups is 1. The molecule has 0 unspecified atom stereocenters. The van der Waals surface area contributed by atoms with E-state index in [-0.39, 0.29) is 16.2 Å². The van der Waals surface area contributed by atoms with Crippen LogP contribution in [0.25, 0.3) is 6.08 Å². The van der Waals surface area contributed by atoms with Gasteiger partial charge in [-0.2, -0.15) is 0 Å². The molecule has 0 aliphatic heterocycles. The molecule has 3 aromatic rings. The van der Waals surface area contributed by atoms with Crippen LogP contribution in [-0.2, 0) is 15.6 Å². The van der Waals surface area contributed by atoms with Gasteiger partial charge < -0.3 is 0 Å². The lowest BCUT2D eigenvalue weighted by molar-refractivity contribution is 0.104. The quantitative estimate of drug-likeness (QED) is 0.315. The molecule has 0 atom stereocenters. The highest BCUT2D eigenvalue weighted by Gasteiger charge is 2.27. The number of rotatable bonds is 6. The van der Waals surface area contributed by atoms with Crippen LogP contribution >= 0.6 is 23.2 Å². The monoisotopic (exact) mass is 458 g/mol. The van der Waals surface area contributed by atoms with Crippen LogP contribution < -0.4 is 0 Å². The van der Waals surface area contributed by atoms with Gasteiger partial charge in [-0.15, -0.1) is 0 Å². The number of allylic oxidation sites excluding steroid dienone is 1. The summed E-state index contributed by atoms with van der Waals surface area (Å²) in [6.07, 6.45) is 1.46. The molecule has 0 aliphatic carbocycles. The van der Waals surface area contributed by atoms with Crippen molar-refractivity contribution in [1.82, 2.24) is 0 Å². The fourth-order valence-corrected chi connectivity index (χ4v) is 4.72. The van der Waals surface area contributed by atoms with Crippen LogP contribution in [0.2, 0.25) is 10.0 Å². The molecule has 0 aliphatic rings. The summed E-state index contributed by atoms with van der Waals surface area (Å²) in [6.45, 7) is 3.79. The third-order valence-electron chi connectivity index (χ3n) is 4.66. The number of sulfone groups is 1. The van der Waals surface area contributed by atoms with E-state index < -0.39 is 15.6 Å². The minimum atomic E-state index is -3.94. The Morgan fingerprint density at radius 2 is 1.43 bits per heavy atom. The van der Waals surface area contributed by atoms with Gasteiger partial charge in [0, 0.05) is 15.6 Å². The van der Waals surface area contributed by atoms with Crippen LogP contribution in [0.1, 0.15) is 32.6 Å². The maximum atomic E-state index is 13.3. The van der Waals surface area contributed by atoms with Gasteiger partial charge in [0.15, 0.2) is 9.84 Å². The van der Waals surface area contributed by atoms with Crippen molar-refractivity contribution >= 4 is 44.9 Å². The highest BCUT2D eigenvalue weighted by atomic mass is 35.5. The molecule has 30 heavy (non-hydrogen) atoms. The van der Waals surface area contributed by atoms with Gasteiger partial charge in [0.05, 0.1) is 5.75 Å². The van der Waals surface area contributed by atoms with Gasteiger partial charge in [-0.3, -0.25) is 4.79 Å². The van der Waals surface area contributed by atoms with Crippen LogP contribution in [0.15, 0.2) is 71.6 Å². The standard InChI is InChI=1S/C24H20Cl2O3S/c1-16-3-4-17(2)20(13-16)14-23(24(27)19-7-11-22(26)12-8-19)30(28,29)15-18-5-9-21(25)10-6-18/h3-14H,15H2,1-2H3. The Morgan fingerprint density at radius 1 is 0.867 bits per heavy atom. The van der Waals surface area contributed by atoms with Gasteiger partial charge >= 0.3 is 0 Å². The summed E-state index contributed by atoms with van der Waals surface area (Å²) >= 11 is 11.8. The average Bonchev–Trinajstić information content (AvgIpc) is 2.70. The first-order valence-corrected chi connectivity index (χ1v) is 11.6. The van der Waals surface area contributed by atoms with Crippen molar-refractivity contribution in [3.8, 4) is 0 Å². The summed E-state index contributed by atoms with van der Waals surface area (Å²) < 4.78 is 26.6. The highest BCUT2D eigenvalue weighted by molar-refractivity contribution is 7.95. The second-order valence-corrected chi connectivity index (χ2v) is 9.92. The summed E-state index contributed by atoms with van der Waals surface area (Å²) in [4.78, 5) is 13.0. The number of ketones is 1. The molecule has 3 nitrogen and oxygen atoms in total. The molecule has 3 aromatic carbocycles. The SMILES string of the molecule is Cc1ccc(C)c(C=C(C(=O)c2ccc(Cl)cc2)S(=O)(=O)Cc2ccc(Cl)cc2)c1. The summed E-state index contributed by atoms with van der Waals surface area (Å²) in [6, 6.07) is 18.4. The summed E-state index contributed by atoms with van der Waals surface area (Å²) in [5.41, 5.74) is 3.35. The molecule has 3 rings (SSSR count). The molecule has 0 bridgehead atoms. The van der Waals surface area contributed by atoms with Crippen LogP contribution in [0, 0.1) is 13.8 Å². The fourth-order valence-electron chi connectivity index (χ4n) is 2.97. The molecule has 0 N–H and O–H groups in total. The molecule has 0 saturated carbocycles. The zero-order valence-corrected chi connectivity index (χ0v) is 18.9. The molecular weight excluding hydrogens is 439 g/mol. The van der Waals surface area contributed by atoms with Crippen molar-refractivity contribution in [2.75, 3.05) is 0 Å². The molecule has 0 fully saturated rings. The average molecular weight is 459 g/mol. The Morgan fingerprint density at radius 3 is 2.03 bits per heavy atom. The first kappa shape index (κ1) is 22.3. The van der Waals surface area contributed by atoms with Gasteiger partial charge in [0.2, 0.25) is 5.78 Å². The molecule has 0 saturated heterocycles. The summed E-state index contributed by atoms with van der Waals surface area (Å²) in [5.74, 6) is -0.873. The van der Waals surface area contributed by atoms with Gasteiger partial charge in [-0.05, 0) is 73.0 Å². The first-order chi connectivity index (χ1) is 14.2. The zero-order chi connectivity index (χ0) is 21.9. The number of benzene rings is 3. The Bertz CT molecular complexity index is 1210. The van der Waals surface area contributed by atoms with E-state index in [0.29, 0.717) is 21.2 Å². The van der Waals surface area contributed by atoms with Crippen LogP contribution in [0.3, 0.4) is 0 Å². The number of halogens is 2. The molecule has 0 spiro atoms. The van der Waals surface area contributed by atoms with Gasteiger partial charge in [-0.25, -0.2) is 8.42 Å². The minimum Gasteiger partial charge on any atom is -0.288 e. The lowest BCUT2D eigenvalue weighted by atomic mass is 10.0. The zero-order valence-electron chi connectivity index (χ0n) is 16.5. The van der Waals surface area contributed by atoms with E-state index in [2.05, 4.69) is 0 Å². The van der Waals surface area contributed by atoms with Gasteiger partial charge in [-0.1, -0.05) is 59.1 Å². The smallest absolute Gasteiger partial charge is 0.204 e. The molecule has 0 radical (unpaired) electrons. The van der Waals surface area contributed by atoms with Crippen molar-refractivity contribution in [3.63, 3.8) is 0 Å². The molecule has 154 valence electrons. The van der Waals surface area contributed by atoms with E-state index in [1.807, 2.05) is 32.0 Å². The Hall–Kier alpha value is -2.40. The minimum absolute atomic E-state index is 0.256. The van der Waals surface area contributed by atoms with E-state index in [0.717, 1.165) is 11.1 Å². The lowest BCUT2D eigenvalue weighted by Gasteiger charge is -2.11. The van der Waals surface area contributed by atoms with Crippen molar-refractivity contribution < 1.29 is 13.2 Å². The number of Topliss-reactive ketones (excluding diaryl/α,β-unsaturated/α-hetero) is 1. The number of hydrogen-bond donors (Lipinski definition) is 0. The normalized spacial score (nSPS) is 12.1. The second kappa shape index (κ2) is 9.17. The Kier molecular flexibility index (Phi) is 6.81. The number of aryl methyl sites for hydroxylation is 2. The predicted molar refractivity (Wildman–Crippen MR) is 124 cm³/mol. The van der Waals surface area contributed by atoms with E-state index in [1.54, 1.807) is 36.4 Å². The van der Waals surface area contributed by atoms with E-state index in [1.165, 1.54) is 18.2 Å². The molecule has 0 amide bonds. The third kappa shape index (κ3) is 5.39. The predicted octanol–water partition coefficient (Wildman–Crippen LogP) is 6.45. The third-order valence-corrected chi connectivity index (χ3v) is 6.85. The molecule has 6 heteroatoms. The van der Waals surface area contributed by atoms with Crippen molar-refractivity contribution in [1.29, 1.82) is 0 Å². The maximum absolute atomic E-state index is 13.3. The van der Waals surface area contributed by atoms with Crippen molar-refractivity contribution in [2.24, 2.45) is 0 Å². The van der Waals surface area contributed by atoms with Gasteiger partial charge in [0.25, 0.3) is 0 Å². The Balaban J connectivity index is 2.11. The van der Waals surface area contributed by atoms with Crippen LogP contribution in [-0.4, -0.2) is 14.2 Å². The number of carbonyl (C=O) groups excluding carboxylic acids is 1. The molecular formula is C24H20Cl2O3S. The van der Waals surface area contributed by atoms with Crippen molar-refractivity contribution in [2.45, 2.75) is 19.6 Å². The van der Waals surface area contributed by atoms with Crippen LogP contribution in [0.5, 0.6) is 0 Å². The van der Waals surface area contributed by atoms with E-state index >= 15 is 0 Å². The maximum Gasteiger partial charge on any atom is 0.204 e. The topological polar surface area (TPSA) is 51.2 Å². The van der Waals surface area contributed by atoms with Gasteiger partial charge in [0.1, 0.15) is 4.91 Å². The first-order valence-electron chi connectivity index (χ1n) is 9.22. The Labute approximate surface area is 186 Å². The van der Waals surface area contributed by atoms with Crippen molar-refractivity contribution in [3.05, 3.63) is 109 Å². The summed E-state index contributed by atoms with van der Waals surface area (Å²) in [7, 11) is -3.94. The van der Waals surface area contributed by atoms with E-state index in [4.69, 9.17) is 23.2 Å². The highest BCUT2D eigenvalue weighted by Crippen LogP contribution is 2.25. The lowest BCUT2D eigenvalue weighted by Crippen LogP contribution is -2.16. The second-order valence-electron chi connectivity index (χ2n) is 7.09. The van der Waals surface area contributed by atoms with Crippen LogP contribution in [0.4, 0.5) is 0 Å². The number of hydrogen-bond acceptors (Lipinski definition) is 3. The van der Waals surface area contributed by atoms with E-state index in [9.17, 15) is 13.2 Å². The molecule has 0 heterocycles. The largest absolute Gasteiger partial charge is 0.288 e. The molecule has 0 aromatic heterocycles. The fraction of sp³-hybridized carbons (Fsp3) is 0.125.